The van der Waals surface area contributed by atoms with Gasteiger partial charge in [-0.2, -0.15) is 10.4 Å². The largest absolute Gasteiger partial charge is 0.507 e. The van der Waals surface area contributed by atoms with Gasteiger partial charge in [0.25, 0.3) is 5.91 Å². The average Bonchev–Trinajstić information content (AvgIpc) is 3.17. The van der Waals surface area contributed by atoms with Crippen LogP contribution in [-0.2, 0) is 16.9 Å². The summed E-state index contributed by atoms with van der Waals surface area (Å²) in [6.45, 7) is 5.53. The van der Waals surface area contributed by atoms with Crippen LogP contribution in [0.3, 0.4) is 0 Å². The minimum Gasteiger partial charge on any atom is -0.507 e. The van der Waals surface area contributed by atoms with Gasteiger partial charge in [-0.15, -0.1) is 0 Å². The summed E-state index contributed by atoms with van der Waals surface area (Å²) in [5, 5.41) is 25.9. The number of halogens is 2. The van der Waals surface area contributed by atoms with Crippen molar-refractivity contribution >= 4 is 23.7 Å². The lowest BCUT2D eigenvalue weighted by Gasteiger charge is -2.43. The smallest absolute Gasteiger partial charge is 0.254 e. The molecule has 3 rings (SSSR count). The zero-order chi connectivity index (χ0) is 24.3. The molecule has 9 nitrogen and oxygen atoms in total. The highest BCUT2D eigenvalue weighted by molar-refractivity contribution is 5.99. The minimum atomic E-state index is -1.61. The molecule has 1 aromatic heterocycles. The third kappa shape index (κ3) is 4.56. The maximum Gasteiger partial charge on any atom is 0.254 e. The lowest BCUT2D eigenvalue weighted by Crippen LogP contribution is -2.54. The number of hydrogen-bond donors (Lipinski definition) is 3. The number of amides is 2. The topological polar surface area (TPSA) is 137 Å². The van der Waals surface area contributed by atoms with E-state index in [1.807, 2.05) is 6.07 Å². The number of nitriles is 1. The van der Waals surface area contributed by atoms with Gasteiger partial charge in [0.05, 0.1) is 12.5 Å². The highest BCUT2D eigenvalue weighted by Crippen LogP contribution is 2.37. The Kier molecular flexibility index (Phi) is 6.78. The Morgan fingerprint density at radius 3 is 2.82 bits per heavy atom. The van der Waals surface area contributed by atoms with Gasteiger partial charge in [0.15, 0.2) is 5.82 Å². The molecule has 0 saturated carbocycles. The van der Waals surface area contributed by atoms with Crippen molar-refractivity contribution in [1.29, 1.82) is 5.26 Å². The summed E-state index contributed by atoms with van der Waals surface area (Å²) in [7, 11) is 0. The van der Waals surface area contributed by atoms with E-state index in [4.69, 9.17) is 5.73 Å². The van der Waals surface area contributed by atoms with E-state index in [2.05, 4.69) is 17.0 Å². The number of hydrogen-bond acceptors (Lipinski definition) is 6. The number of aromatic nitrogens is 2. The highest BCUT2D eigenvalue weighted by atomic mass is 19.1. The second-order valence-electron chi connectivity index (χ2n) is 8.09. The number of allylic oxidation sites excluding steroid dienone is 1. The molecule has 0 bridgehead atoms. The summed E-state index contributed by atoms with van der Waals surface area (Å²) in [5.41, 5.74) is 4.83. The first kappa shape index (κ1) is 23.9. The van der Waals surface area contributed by atoms with E-state index in [1.54, 1.807) is 11.8 Å². The molecule has 11 heteroatoms. The van der Waals surface area contributed by atoms with E-state index in [1.165, 1.54) is 23.0 Å². The third-order valence-corrected chi connectivity index (χ3v) is 5.90. The van der Waals surface area contributed by atoms with Gasteiger partial charge >= 0.3 is 0 Å². The molecular formula is C22H24F2N6O3. The molecule has 0 spiro atoms. The number of carbonyl (C=O) groups excluding carboxylic acids is 2. The van der Waals surface area contributed by atoms with E-state index in [-0.39, 0.29) is 55.2 Å². The van der Waals surface area contributed by atoms with E-state index in [0.29, 0.717) is 17.5 Å². The fraction of sp³-hybridized carbons (Fsp3) is 0.364. The summed E-state index contributed by atoms with van der Waals surface area (Å²) in [5.74, 6) is -1.64. The molecule has 33 heavy (non-hydrogen) atoms. The van der Waals surface area contributed by atoms with Gasteiger partial charge < -0.3 is 16.2 Å². The molecule has 1 fully saturated rings. The second-order valence-corrected chi connectivity index (χ2v) is 8.09. The van der Waals surface area contributed by atoms with Crippen LogP contribution in [-0.4, -0.2) is 51.4 Å². The Bertz CT molecular complexity index is 1140. The minimum absolute atomic E-state index is 0.0442. The van der Waals surface area contributed by atoms with Crippen molar-refractivity contribution in [3.8, 4) is 11.8 Å². The normalized spacial score (nSPS) is 20.7. The molecule has 1 aliphatic heterocycles. The number of anilines is 1. The molecule has 2 unspecified atom stereocenters. The number of aromatic hydroxyl groups is 1. The Hall–Kier alpha value is -3.78. The molecule has 1 saturated heterocycles. The zero-order valence-corrected chi connectivity index (χ0v) is 18.0. The van der Waals surface area contributed by atoms with Gasteiger partial charge in [-0.05, 0) is 31.1 Å². The highest BCUT2D eigenvalue weighted by Gasteiger charge is 2.46. The maximum atomic E-state index is 15.6. The van der Waals surface area contributed by atoms with Crippen LogP contribution >= 0.6 is 0 Å². The molecule has 1 aromatic carbocycles. The molecule has 174 valence electrons. The van der Waals surface area contributed by atoms with E-state index in [9.17, 15) is 24.3 Å². The van der Waals surface area contributed by atoms with Crippen LogP contribution in [0.1, 0.15) is 41.3 Å². The average molecular weight is 458 g/mol. The summed E-state index contributed by atoms with van der Waals surface area (Å²) >= 11 is 0. The van der Waals surface area contributed by atoms with Crippen molar-refractivity contribution < 1.29 is 23.5 Å². The first-order valence-corrected chi connectivity index (χ1v) is 10.1. The van der Waals surface area contributed by atoms with Crippen molar-refractivity contribution in [2.24, 2.45) is 5.73 Å². The molecule has 4 N–H and O–H groups in total. The fourth-order valence-corrected chi connectivity index (χ4v) is 4.07. The number of rotatable bonds is 8. The van der Waals surface area contributed by atoms with Gasteiger partial charge in [0.1, 0.15) is 28.8 Å². The summed E-state index contributed by atoms with van der Waals surface area (Å²) < 4.78 is 31.3. The number of likely N-dealkylation sites (tertiary alicyclic amines) is 1. The zero-order valence-electron chi connectivity index (χ0n) is 18.0. The predicted molar refractivity (Wildman–Crippen MR) is 116 cm³/mol. The Morgan fingerprint density at radius 1 is 1.52 bits per heavy atom. The number of alkyl halides is 1. The van der Waals surface area contributed by atoms with Crippen LogP contribution in [0.15, 0.2) is 24.9 Å². The summed E-state index contributed by atoms with van der Waals surface area (Å²) in [6, 6.07) is 4.46. The van der Waals surface area contributed by atoms with Crippen LogP contribution in [0, 0.1) is 17.1 Å². The van der Waals surface area contributed by atoms with Crippen LogP contribution in [0.4, 0.5) is 14.6 Å². The molecule has 0 aliphatic carbocycles. The van der Waals surface area contributed by atoms with Crippen LogP contribution in [0.5, 0.6) is 5.75 Å². The van der Waals surface area contributed by atoms with Crippen molar-refractivity contribution in [2.75, 3.05) is 18.4 Å². The monoisotopic (exact) mass is 458 g/mol. The Morgan fingerprint density at radius 2 is 2.24 bits per heavy atom. The number of benzene rings is 1. The number of primary amides is 1. The fourth-order valence-electron chi connectivity index (χ4n) is 4.07. The lowest BCUT2D eigenvalue weighted by atomic mass is 9.83. The molecular weight excluding hydrogens is 434 g/mol. The quantitative estimate of drug-likeness (QED) is 0.519. The first-order chi connectivity index (χ1) is 15.6. The standard InChI is InChI=1S/C22H24F2N6O3/c1-13(2)15-8-17(23)14(7-18(15)32)9-29-6-4-22(3-5-25,19(24)11-29)30-10-16(20(26)33)21(28-30)27-12-31/h7-8,10,12,19,32H,1,3-4,6,9,11H2,2H3,(H2,26,33)(H,27,28,31). The number of phenols is 1. The van der Waals surface area contributed by atoms with Crippen LogP contribution in [0.25, 0.3) is 5.57 Å². The Balaban J connectivity index is 1.87. The van der Waals surface area contributed by atoms with Crippen molar-refractivity contribution in [2.45, 2.75) is 38.0 Å². The lowest BCUT2D eigenvalue weighted by molar-refractivity contribution is -0.105. The molecule has 2 amide bonds. The number of nitrogens with zero attached hydrogens (tertiary/aromatic N) is 4. The number of carbonyl (C=O) groups is 2. The Labute approximate surface area is 189 Å². The SMILES string of the molecule is C=C(C)c1cc(F)c(CN2CCC(CC#N)(n3cc(C(N)=O)c(NC=O)n3)C(F)C2)cc1O. The number of nitrogens with one attached hydrogen (secondary N) is 1. The molecule has 2 heterocycles. The summed E-state index contributed by atoms with van der Waals surface area (Å²) in [6.07, 6.45) is -0.192. The van der Waals surface area contributed by atoms with Crippen molar-refractivity contribution in [3.63, 3.8) is 0 Å². The van der Waals surface area contributed by atoms with Gasteiger partial charge in [0, 0.05) is 37.0 Å². The van der Waals surface area contributed by atoms with Gasteiger partial charge in [-0.1, -0.05) is 6.58 Å². The van der Waals surface area contributed by atoms with Crippen molar-refractivity contribution in [1.82, 2.24) is 14.7 Å². The number of nitrogens with two attached hydrogens (primary N) is 1. The van der Waals surface area contributed by atoms with Crippen molar-refractivity contribution in [3.05, 3.63) is 47.4 Å². The van der Waals surface area contributed by atoms with E-state index >= 15 is 4.39 Å². The van der Waals surface area contributed by atoms with Gasteiger partial charge in [-0.3, -0.25) is 19.2 Å². The molecule has 2 aromatic rings. The molecule has 2 atom stereocenters. The number of phenolic OH excluding ortho intramolecular Hbond substituents is 1. The molecule has 1 aliphatic rings. The van der Waals surface area contributed by atoms with Gasteiger partial charge in [0.2, 0.25) is 6.41 Å². The first-order valence-electron chi connectivity index (χ1n) is 10.1. The van der Waals surface area contributed by atoms with E-state index in [0.717, 1.165) is 0 Å². The second kappa shape index (κ2) is 9.38. The summed E-state index contributed by atoms with van der Waals surface area (Å²) in [4.78, 5) is 24.2. The number of piperidine rings is 1. The van der Waals surface area contributed by atoms with Crippen LogP contribution in [0.2, 0.25) is 0 Å². The van der Waals surface area contributed by atoms with Crippen LogP contribution < -0.4 is 11.1 Å². The third-order valence-electron chi connectivity index (χ3n) is 5.90. The predicted octanol–water partition coefficient (Wildman–Crippen LogP) is 2.28. The van der Waals surface area contributed by atoms with E-state index < -0.39 is 23.4 Å². The van der Waals surface area contributed by atoms with Gasteiger partial charge in [-0.25, -0.2) is 8.78 Å². The molecule has 0 radical (unpaired) electrons. The maximum absolute atomic E-state index is 15.6.